The lowest BCUT2D eigenvalue weighted by Gasteiger charge is -2.17. The number of hydrogen-bond acceptors (Lipinski definition) is 4. The van der Waals surface area contributed by atoms with E-state index in [1.807, 2.05) is 0 Å². The van der Waals surface area contributed by atoms with Crippen LogP contribution in [0.1, 0.15) is 23.8 Å². The Morgan fingerprint density at radius 3 is 3.00 bits per heavy atom. The Bertz CT molecular complexity index is 358. The van der Waals surface area contributed by atoms with E-state index in [9.17, 15) is 4.79 Å². The molecular weight excluding hydrogens is 224 g/mol. The smallest absolute Gasteiger partial charge is 0.354 e. The summed E-state index contributed by atoms with van der Waals surface area (Å²) in [5.74, 6) is 0.00267. The number of aromatic carboxylic acids is 1. The second-order valence-electron chi connectivity index (χ2n) is 3.44. The highest BCUT2D eigenvalue weighted by molar-refractivity contribution is 7.98. The third-order valence-electron chi connectivity index (χ3n) is 2.21. The predicted octanol–water partition coefficient (Wildman–Crippen LogP) is 2.33. The molecule has 0 bridgehead atoms. The molecule has 88 valence electrons. The van der Waals surface area contributed by atoms with E-state index in [0.717, 1.165) is 17.9 Å². The first kappa shape index (κ1) is 12.8. The van der Waals surface area contributed by atoms with Gasteiger partial charge in [-0.3, -0.25) is 0 Å². The summed E-state index contributed by atoms with van der Waals surface area (Å²) in [5.41, 5.74) is 0.886. The monoisotopic (exact) mass is 240 g/mol. The quantitative estimate of drug-likeness (QED) is 0.799. The molecule has 0 amide bonds. The van der Waals surface area contributed by atoms with E-state index >= 15 is 0 Å². The topological polar surface area (TPSA) is 62.2 Å². The maximum absolute atomic E-state index is 10.7. The minimum atomic E-state index is -0.999. The number of aromatic nitrogens is 1. The lowest BCUT2D eigenvalue weighted by molar-refractivity contribution is 0.0690. The number of carboxylic acids is 1. The van der Waals surface area contributed by atoms with Crippen LogP contribution in [0.3, 0.4) is 0 Å². The Morgan fingerprint density at radius 2 is 2.44 bits per heavy atom. The van der Waals surface area contributed by atoms with Crippen LogP contribution >= 0.6 is 11.8 Å². The first-order valence-corrected chi connectivity index (χ1v) is 6.51. The number of pyridine rings is 1. The molecule has 1 aromatic rings. The van der Waals surface area contributed by atoms with Crippen molar-refractivity contribution in [2.75, 3.05) is 17.3 Å². The standard InChI is InChI=1S/C11H16N2O2S/c1-3-8(7-16-2)13-9-4-5-12-10(6-9)11(14)15/h4-6,8H,3,7H2,1-2H3,(H,12,13)(H,14,15). The average molecular weight is 240 g/mol. The van der Waals surface area contributed by atoms with Crippen LogP contribution in [0.25, 0.3) is 0 Å². The summed E-state index contributed by atoms with van der Waals surface area (Å²) < 4.78 is 0. The maximum atomic E-state index is 10.7. The highest BCUT2D eigenvalue weighted by Crippen LogP contribution is 2.13. The number of anilines is 1. The van der Waals surface area contributed by atoms with E-state index in [0.29, 0.717) is 6.04 Å². The molecule has 1 aromatic heterocycles. The highest BCUT2D eigenvalue weighted by atomic mass is 32.2. The fourth-order valence-corrected chi connectivity index (χ4v) is 2.06. The largest absolute Gasteiger partial charge is 0.477 e. The van der Waals surface area contributed by atoms with Gasteiger partial charge in [0.15, 0.2) is 0 Å². The van der Waals surface area contributed by atoms with Crippen LogP contribution in [0.5, 0.6) is 0 Å². The van der Waals surface area contributed by atoms with Crippen molar-refractivity contribution in [2.45, 2.75) is 19.4 Å². The zero-order chi connectivity index (χ0) is 12.0. The first-order chi connectivity index (χ1) is 7.67. The molecule has 4 nitrogen and oxygen atoms in total. The summed E-state index contributed by atoms with van der Waals surface area (Å²) in [4.78, 5) is 14.5. The molecule has 0 radical (unpaired) electrons. The molecule has 1 unspecified atom stereocenters. The first-order valence-electron chi connectivity index (χ1n) is 5.12. The van der Waals surface area contributed by atoms with E-state index in [2.05, 4.69) is 23.5 Å². The van der Waals surface area contributed by atoms with Crippen molar-refractivity contribution in [3.63, 3.8) is 0 Å². The molecule has 0 aliphatic carbocycles. The second kappa shape index (κ2) is 6.37. The molecule has 1 heterocycles. The van der Waals surface area contributed by atoms with Crippen molar-refractivity contribution in [1.29, 1.82) is 0 Å². The van der Waals surface area contributed by atoms with Crippen LogP contribution in [-0.4, -0.2) is 34.1 Å². The Kier molecular flexibility index (Phi) is 5.11. The van der Waals surface area contributed by atoms with Crippen LogP contribution < -0.4 is 5.32 Å². The molecule has 2 N–H and O–H groups in total. The van der Waals surface area contributed by atoms with Gasteiger partial charge in [0.2, 0.25) is 0 Å². The molecule has 5 heteroatoms. The van der Waals surface area contributed by atoms with Gasteiger partial charge in [0.25, 0.3) is 0 Å². The number of rotatable bonds is 6. The zero-order valence-corrected chi connectivity index (χ0v) is 10.3. The van der Waals surface area contributed by atoms with E-state index < -0.39 is 5.97 Å². The molecule has 0 aromatic carbocycles. The number of hydrogen-bond donors (Lipinski definition) is 2. The Balaban J connectivity index is 2.72. The Hall–Kier alpha value is -1.23. The van der Waals surface area contributed by atoms with Crippen molar-refractivity contribution in [2.24, 2.45) is 0 Å². The van der Waals surface area contributed by atoms with Gasteiger partial charge in [0, 0.05) is 23.7 Å². The lowest BCUT2D eigenvalue weighted by atomic mass is 10.2. The fraction of sp³-hybridized carbons (Fsp3) is 0.455. The van der Waals surface area contributed by atoms with Gasteiger partial charge in [0.05, 0.1) is 0 Å². The summed E-state index contributed by atoms with van der Waals surface area (Å²) in [6.45, 7) is 2.10. The van der Waals surface area contributed by atoms with Crippen molar-refractivity contribution >= 4 is 23.4 Å². The minimum Gasteiger partial charge on any atom is -0.477 e. The van der Waals surface area contributed by atoms with E-state index in [4.69, 9.17) is 5.11 Å². The molecular formula is C11H16N2O2S. The van der Waals surface area contributed by atoms with Gasteiger partial charge in [-0.25, -0.2) is 9.78 Å². The summed E-state index contributed by atoms with van der Waals surface area (Å²) in [5, 5.41) is 12.1. The molecule has 1 atom stereocenters. The van der Waals surface area contributed by atoms with Crippen LogP contribution in [0.15, 0.2) is 18.3 Å². The molecule has 16 heavy (non-hydrogen) atoms. The van der Waals surface area contributed by atoms with Crippen molar-refractivity contribution in [3.8, 4) is 0 Å². The van der Waals surface area contributed by atoms with Gasteiger partial charge >= 0.3 is 5.97 Å². The van der Waals surface area contributed by atoms with Gasteiger partial charge in [-0.2, -0.15) is 11.8 Å². The molecule has 0 aliphatic heterocycles. The Morgan fingerprint density at radius 1 is 1.69 bits per heavy atom. The molecule has 0 fully saturated rings. The maximum Gasteiger partial charge on any atom is 0.354 e. The minimum absolute atomic E-state index is 0.0732. The van der Waals surface area contributed by atoms with Crippen LogP contribution in [0.4, 0.5) is 5.69 Å². The van der Waals surface area contributed by atoms with E-state index in [1.165, 1.54) is 6.20 Å². The van der Waals surface area contributed by atoms with Gasteiger partial charge < -0.3 is 10.4 Å². The average Bonchev–Trinajstić information content (AvgIpc) is 2.29. The fourth-order valence-electron chi connectivity index (χ4n) is 1.34. The summed E-state index contributed by atoms with van der Waals surface area (Å²) in [6, 6.07) is 3.71. The molecule has 0 aliphatic rings. The summed E-state index contributed by atoms with van der Waals surface area (Å²) in [7, 11) is 0. The van der Waals surface area contributed by atoms with Crippen molar-refractivity contribution in [1.82, 2.24) is 4.98 Å². The molecule has 0 saturated heterocycles. The summed E-state index contributed by atoms with van der Waals surface area (Å²) in [6.07, 6.45) is 4.57. The van der Waals surface area contributed by atoms with Gasteiger partial charge in [-0.1, -0.05) is 6.92 Å². The third kappa shape index (κ3) is 3.73. The van der Waals surface area contributed by atoms with Crippen LogP contribution in [0, 0.1) is 0 Å². The number of nitrogens with zero attached hydrogens (tertiary/aromatic N) is 1. The van der Waals surface area contributed by atoms with Crippen LogP contribution in [0.2, 0.25) is 0 Å². The highest BCUT2D eigenvalue weighted by Gasteiger charge is 2.08. The second-order valence-corrected chi connectivity index (χ2v) is 4.35. The van der Waals surface area contributed by atoms with Crippen molar-refractivity contribution < 1.29 is 9.90 Å². The number of carbonyl (C=O) groups is 1. The number of carboxylic acid groups (broad SMARTS) is 1. The third-order valence-corrected chi connectivity index (χ3v) is 2.95. The molecule has 0 spiro atoms. The van der Waals surface area contributed by atoms with Crippen molar-refractivity contribution in [3.05, 3.63) is 24.0 Å². The van der Waals surface area contributed by atoms with Crippen LogP contribution in [-0.2, 0) is 0 Å². The predicted molar refractivity (Wildman–Crippen MR) is 67.3 cm³/mol. The Labute approximate surface area is 99.5 Å². The molecule has 1 rings (SSSR count). The summed E-state index contributed by atoms with van der Waals surface area (Å²) >= 11 is 1.77. The lowest BCUT2D eigenvalue weighted by Crippen LogP contribution is -2.21. The number of nitrogens with one attached hydrogen (secondary N) is 1. The van der Waals surface area contributed by atoms with E-state index in [-0.39, 0.29) is 5.69 Å². The van der Waals surface area contributed by atoms with Gasteiger partial charge in [-0.05, 0) is 24.8 Å². The molecule has 0 saturated carbocycles. The zero-order valence-electron chi connectivity index (χ0n) is 9.43. The number of thioether (sulfide) groups is 1. The van der Waals surface area contributed by atoms with Gasteiger partial charge in [0.1, 0.15) is 5.69 Å². The normalized spacial score (nSPS) is 12.1. The SMILES string of the molecule is CCC(CSC)Nc1ccnc(C(=O)O)c1. The van der Waals surface area contributed by atoms with Gasteiger partial charge in [-0.15, -0.1) is 0 Å². The van der Waals surface area contributed by atoms with E-state index in [1.54, 1.807) is 23.9 Å².